The molecule has 0 bridgehead atoms. The van der Waals surface area contributed by atoms with Gasteiger partial charge in [-0.15, -0.1) is 0 Å². The lowest BCUT2D eigenvalue weighted by Crippen LogP contribution is -1.96. The quantitative estimate of drug-likeness (QED) is 0.840. The Kier molecular flexibility index (Phi) is 3.19. The van der Waals surface area contributed by atoms with Crippen LogP contribution in [0.5, 0.6) is 0 Å². The van der Waals surface area contributed by atoms with Crippen LogP contribution in [0.4, 0.5) is 15.9 Å². The molecule has 2 nitrogen and oxygen atoms in total. The van der Waals surface area contributed by atoms with Gasteiger partial charge < -0.3 is 5.32 Å². The number of hydrogen-bond acceptors (Lipinski definition) is 2. The van der Waals surface area contributed by atoms with Gasteiger partial charge in [0.25, 0.3) is 0 Å². The molecule has 82 valence electrons. The summed E-state index contributed by atoms with van der Waals surface area (Å²) in [6.45, 7) is 1.98. The van der Waals surface area contributed by atoms with Crippen molar-refractivity contribution in [1.29, 1.82) is 0 Å². The van der Waals surface area contributed by atoms with Crippen LogP contribution in [0.25, 0.3) is 0 Å². The fourth-order valence-corrected chi connectivity index (χ4v) is 1.86. The van der Waals surface area contributed by atoms with Gasteiger partial charge in [0, 0.05) is 10.2 Å². The van der Waals surface area contributed by atoms with E-state index in [1.54, 1.807) is 12.1 Å². The molecule has 1 aromatic carbocycles. The highest BCUT2D eigenvalue weighted by atomic mass is 79.9. The molecule has 0 atom stereocenters. The first kappa shape index (κ1) is 11.1. The van der Waals surface area contributed by atoms with Crippen molar-refractivity contribution in [3.63, 3.8) is 0 Å². The Morgan fingerprint density at radius 1 is 1.25 bits per heavy atom. The molecule has 0 aliphatic heterocycles. The Labute approximate surface area is 102 Å². The zero-order valence-electron chi connectivity index (χ0n) is 8.67. The minimum atomic E-state index is -0.486. The molecule has 16 heavy (non-hydrogen) atoms. The Morgan fingerprint density at radius 3 is 2.75 bits per heavy atom. The largest absolute Gasteiger partial charge is 0.340 e. The lowest BCUT2D eigenvalue weighted by Gasteiger charge is -2.08. The summed E-state index contributed by atoms with van der Waals surface area (Å²) in [5.74, 6) is 0.0187. The first-order valence-corrected chi connectivity index (χ1v) is 5.60. The van der Waals surface area contributed by atoms with Gasteiger partial charge in [-0.25, -0.2) is 4.98 Å². The summed E-state index contributed by atoms with van der Waals surface area (Å²) in [5, 5.41) is 3.07. The molecule has 2 rings (SSSR count). The van der Waals surface area contributed by atoms with Crippen LogP contribution in [0.3, 0.4) is 0 Å². The molecule has 0 aliphatic rings. The smallest absolute Gasteiger partial charge is 0.214 e. The summed E-state index contributed by atoms with van der Waals surface area (Å²) in [5.41, 5.74) is 1.99. The van der Waals surface area contributed by atoms with Gasteiger partial charge in [0.05, 0.1) is 0 Å². The van der Waals surface area contributed by atoms with Crippen molar-refractivity contribution < 1.29 is 4.39 Å². The van der Waals surface area contributed by atoms with Crippen LogP contribution in [0, 0.1) is 12.9 Å². The number of pyridine rings is 1. The Bertz CT molecular complexity index is 514. The number of nitrogens with one attached hydrogen (secondary N) is 1. The third kappa shape index (κ3) is 2.58. The maximum absolute atomic E-state index is 12.9. The zero-order chi connectivity index (χ0) is 11.5. The third-order valence-electron chi connectivity index (χ3n) is 2.17. The standard InChI is InChI=1S/C12H10BrFN2/c1-8-7-9(13)5-6-10(8)15-12-4-2-3-11(14)16-12/h2-7H,1H3,(H,15,16). The molecule has 0 spiro atoms. The van der Waals surface area contributed by atoms with Gasteiger partial charge in [-0.3, -0.25) is 0 Å². The van der Waals surface area contributed by atoms with Crippen molar-refractivity contribution in [2.45, 2.75) is 6.92 Å². The first-order chi connectivity index (χ1) is 7.65. The maximum Gasteiger partial charge on any atom is 0.214 e. The molecule has 0 saturated carbocycles. The predicted octanol–water partition coefficient (Wildman–Crippen LogP) is 4.04. The first-order valence-electron chi connectivity index (χ1n) is 4.81. The van der Waals surface area contributed by atoms with E-state index in [0.29, 0.717) is 5.82 Å². The molecule has 1 aromatic heterocycles. The highest BCUT2D eigenvalue weighted by molar-refractivity contribution is 9.10. The molecular weight excluding hydrogens is 271 g/mol. The van der Waals surface area contributed by atoms with E-state index in [0.717, 1.165) is 15.7 Å². The van der Waals surface area contributed by atoms with E-state index >= 15 is 0 Å². The Hall–Kier alpha value is -1.42. The molecule has 0 saturated heterocycles. The van der Waals surface area contributed by atoms with Crippen LogP contribution in [0.15, 0.2) is 40.9 Å². The number of aryl methyl sites for hydroxylation is 1. The lowest BCUT2D eigenvalue weighted by atomic mass is 10.2. The van der Waals surface area contributed by atoms with Gasteiger partial charge in [0.1, 0.15) is 5.82 Å². The molecule has 0 amide bonds. The minimum absolute atomic E-state index is 0.486. The van der Waals surface area contributed by atoms with E-state index in [2.05, 4.69) is 26.2 Å². The number of hydrogen-bond donors (Lipinski definition) is 1. The van der Waals surface area contributed by atoms with E-state index < -0.39 is 5.95 Å². The molecule has 0 aliphatic carbocycles. The zero-order valence-corrected chi connectivity index (χ0v) is 10.3. The molecule has 1 N–H and O–H groups in total. The van der Waals surface area contributed by atoms with E-state index in [1.165, 1.54) is 6.07 Å². The molecule has 0 unspecified atom stereocenters. The minimum Gasteiger partial charge on any atom is -0.340 e. The van der Waals surface area contributed by atoms with Gasteiger partial charge in [-0.1, -0.05) is 22.0 Å². The number of halogens is 2. The second kappa shape index (κ2) is 4.61. The van der Waals surface area contributed by atoms with Crippen LogP contribution in [-0.4, -0.2) is 4.98 Å². The number of benzene rings is 1. The Morgan fingerprint density at radius 2 is 2.06 bits per heavy atom. The van der Waals surface area contributed by atoms with Crippen molar-refractivity contribution in [2.75, 3.05) is 5.32 Å². The van der Waals surface area contributed by atoms with Crippen molar-refractivity contribution in [2.24, 2.45) is 0 Å². The van der Waals surface area contributed by atoms with Gasteiger partial charge in [-0.2, -0.15) is 4.39 Å². The second-order valence-corrected chi connectivity index (χ2v) is 4.35. The van der Waals surface area contributed by atoms with Gasteiger partial charge in [0.15, 0.2) is 0 Å². The van der Waals surface area contributed by atoms with Crippen molar-refractivity contribution >= 4 is 27.4 Å². The van der Waals surface area contributed by atoms with Crippen LogP contribution < -0.4 is 5.32 Å². The lowest BCUT2D eigenvalue weighted by molar-refractivity contribution is 0.585. The summed E-state index contributed by atoms with van der Waals surface area (Å²) in [6.07, 6.45) is 0. The summed E-state index contributed by atoms with van der Waals surface area (Å²) < 4.78 is 13.9. The highest BCUT2D eigenvalue weighted by Crippen LogP contribution is 2.22. The molecule has 1 heterocycles. The van der Waals surface area contributed by atoms with Gasteiger partial charge in [-0.05, 0) is 42.8 Å². The number of aromatic nitrogens is 1. The number of anilines is 2. The third-order valence-corrected chi connectivity index (χ3v) is 2.66. The van der Waals surface area contributed by atoms with Crippen LogP contribution in [0.1, 0.15) is 5.56 Å². The SMILES string of the molecule is Cc1cc(Br)ccc1Nc1cccc(F)n1. The molecule has 0 fully saturated rings. The highest BCUT2D eigenvalue weighted by Gasteiger charge is 2.01. The monoisotopic (exact) mass is 280 g/mol. The number of nitrogens with zero attached hydrogens (tertiary/aromatic N) is 1. The maximum atomic E-state index is 12.9. The van der Waals surface area contributed by atoms with E-state index in [1.807, 2.05) is 25.1 Å². The second-order valence-electron chi connectivity index (χ2n) is 3.43. The fraction of sp³-hybridized carbons (Fsp3) is 0.0833. The topological polar surface area (TPSA) is 24.9 Å². The van der Waals surface area contributed by atoms with E-state index in [-0.39, 0.29) is 0 Å². The molecule has 4 heteroatoms. The van der Waals surface area contributed by atoms with Gasteiger partial charge >= 0.3 is 0 Å². The van der Waals surface area contributed by atoms with Crippen molar-refractivity contribution in [3.05, 3.63) is 52.4 Å². The van der Waals surface area contributed by atoms with Gasteiger partial charge in [0.2, 0.25) is 5.95 Å². The predicted molar refractivity (Wildman–Crippen MR) is 66.4 cm³/mol. The summed E-state index contributed by atoms with van der Waals surface area (Å²) in [4.78, 5) is 3.74. The summed E-state index contributed by atoms with van der Waals surface area (Å²) in [6, 6.07) is 10.5. The normalized spacial score (nSPS) is 10.2. The Balaban J connectivity index is 2.27. The summed E-state index contributed by atoms with van der Waals surface area (Å²) >= 11 is 3.39. The fourth-order valence-electron chi connectivity index (χ4n) is 1.38. The van der Waals surface area contributed by atoms with Crippen LogP contribution in [-0.2, 0) is 0 Å². The molecule has 2 aromatic rings. The van der Waals surface area contributed by atoms with E-state index in [4.69, 9.17) is 0 Å². The van der Waals surface area contributed by atoms with Crippen LogP contribution in [0.2, 0.25) is 0 Å². The van der Waals surface area contributed by atoms with E-state index in [9.17, 15) is 4.39 Å². The number of rotatable bonds is 2. The average Bonchev–Trinajstić information content (AvgIpc) is 2.22. The summed E-state index contributed by atoms with van der Waals surface area (Å²) in [7, 11) is 0. The van der Waals surface area contributed by atoms with Crippen molar-refractivity contribution in [3.8, 4) is 0 Å². The van der Waals surface area contributed by atoms with Crippen LogP contribution >= 0.6 is 15.9 Å². The van der Waals surface area contributed by atoms with Crippen molar-refractivity contribution in [1.82, 2.24) is 4.98 Å². The average molecular weight is 281 g/mol. The molecular formula is C12H10BrFN2. The molecule has 0 radical (unpaired) electrons.